The minimum atomic E-state index is -0.826. The van der Waals surface area contributed by atoms with Crippen molar-refractivity contribution >= 4 is 5.97 Å². The summed E-state index contributed by atoms with van der Waals surface area (Å²) in [6.45, 7) is 7.74. The van der Waals surface area contributed by atoms with Gasteiger partial charge in [-0.1, -0.05) is 26.0 Å². The summed E-state index contributed by atoms with van der Waals surface area (Å²) in [7, 11) is 1.63. The Labute approximate surface area is 114 Å². The number of ether oxygens (including phenoxy) is 1. The van der Waals surface area contributed by atoms with Crippen LogP contribution in [0.25, 0.3) is 0 Å². The first-order valence-electron chi connectivity index (χ1n) is 6.50. The number of rotatable bonds is 6. The molecule has 0 saturated heterocycles. The minimum absolute atomic E-state index is 0.0244. The van der Waals surface area contributed by atoms with Gasteiger partial charge in [0.15, 0.2) is 0 Å². The molecule has 0 spiro atoms. The Morgan fingerprint density at radius 2 is 1.95 bits per heavy atom. The van der Waals surface area contributed by atoms with E-state index in [1.807, 2.05) is 45.9 Å². The molecule has 0 aliphatic heterocycles. The summed E-state index contributed by atoms with van der Waals surface area (Å²) in [5.74, 6) is -0.0165. The third kappa shape index (κ3) is 3.96. The molecular formula is C15H23NO3. The van der Waals surface area contributed by atoms with E-state index in [9.17, 15) is 9.90 Å². The first kappa shape index (κ1) is 15.5. The zero-order chi connectivity index (χ0) is 14.6. The van der Waals surface area contributed by atoms with Crippen LogP contribution in [0.5, 0.6) is 5.75 Å². The van der Waals surface area contributed by atoms with Crippen molar-refractivity contribution in [3.8, 4) is 5.75 Å². The Morgan fingerprint density at radius 3 is 2.42 bits per heavy atom. The van der Waals surface area contributed by atoms with Gasteiger partial charge in [0.25, 0.3) is 0 Å². The van der Waals surface area contributed by atoms with Crippen LogP contribution in [-0.4, -0.2) is 24.2 Å². The van der Waals surface area contributed by atoms with Crippen molar-refractivity contribution in [3.63, 3.8) is 0 Å². The van der Waals surface area contributed by atoms with E-state index in [0.29, 0.717) is 0 Å². The number of benzene rings is 1. The number of aryl methyl sites for hydroxylation is 1. The van der Waals surface area contributed by atoms with E-state index in [-0.39, 0.29) is 12.0 Å². The lowest BCUT2D eigenvalue weighted by Crippen LogP contribution is -2.42. The van der Waals surface area contributed by atoms with Gasteiger partial charge < -0.3 is 9.84 Å². The molecule has 106 valence electrons. The zero-order valence-electron chi connectivity index (χ0n) is 12.2. The second-order valence-corrected chi connectivity index (χ2v) is 5.19. The predicted molar refractivity (Wildman–Crippen MR) is 75.5 cm³/mol. The first-order chi connectivity index (χ1) is 8.86. The number of carboxylic acids is 1. The molecule has 1 aromatic rings. The van der Waals surface area contributed by atoms with Crippen molar-refractivity contribution in [2.75, 3.05) is 7.11 Å². The van der Waals surface area contributed by atoms with Crippen LogP contribution in [0, 0.1) is 12.8 Å². The Hall–Kier alpha value is -1.55. The van der Waals surface area contributed by atoms with E-state index < -0.39 is 12.0 Å². The number of methoxy groups -OCH3 is 1. The Balaban J connectivity index is 2.94. The maximum atomic E-state index is 11.2. The molecule has 0 radical (unpaired) electrons. The smallest absolute Gasteiger partial charge is 0.320 e. The van der Waals surface area contributed by atoms with Crippen LogP contribution in [0.3, 0.4) is 0 Å². The molecule has 2 unspecified atom stereocenters. The van der Waals surface area contributed by atoms with Gasteiger partial charge in [0.2, 0.25) is 0 Å². The summed E-state index contributed by atoms with van der Waals surface area (Å²) in [4.78, 5) is 11.2. The second-order valence-electron chi connectivity index (χ2n) is 5.19. The molecule has 0 saturated carbocycles. The van der Waals surface area contributed by atoms with Gasteiger partial charge in [-0.2, -0.15) is 0 Å². The lowest BCUT2D eigenvalue weighted by Gasteiger charge is -2.24. The van der Waals surface area contributed by atoms with E-state index >= 15 is 0 Å². The van der Waals surface area contributed by atoms with Crippen LogP contribution in [0.15, 0.2) is 18.2 Å². The number of hydrogen-bond donors (Lipinski definition) is 2. The van der Waals surface area contributed by atoms with Gasteiger partial charge in [-0.15, -0.1) is 0 Å². The van der Waals surface area contributed by atoms with Crippen molar-refractivity contribution in [3.05, 3.63) is 29.3 Å². The molecule has 0 aromatic heterocycles. The topological polar surface area (TPSA) is 58.6 Å². The Morgan fingerprint density at radius 1 is 1.32 bits per heavy atom. The highest BCUT2D eigenvalue weighted by Gasteiger charge is 2.24. The van der Waals surface area contributed by atoms with Crippen molar-refractivity contribution in [1.82, 2.24) is 5.32 Å². The SMILES string of the molecule is COc1cc(C)ccc1C(C)NC(C(=O)O)C(C)C. The number of carboxylic acid groups (broad SMARTS) is 1. The molecule has 1 rings (SSSR count). The molecule has 0 bridgehead atoms. The largest absolute Gasteiger partial charge is 0.496 e. The van der Waals surface area contributed by atoms with Crippen molar-refractivity contribution < 1.29 is 14.6 Å². The van der Waals surface area contributed by atoms with Crippen molar-refractivity contribution in [1.29, 1.82) is 0 Å². The molecule has 0 amide bonds. The van der Waals surface area contributed by atoms with Gasteiger partial charge in [-0.05, 0) is 31.4 Å². The van der Waals surface area contributed by atoms with E-state index in [2.05, 4.69) is 5.32 Å². The van der Waals surface area contributed by atoms with Crippen LogP contribution in [0.2, 0.25) is 0 Å². The minimum Gasteiger partial charge on any atom is -0.496 e. The fourth-order valence-electron chi connectivity index (χ4n) is 2.08. The third-order valence-corrected chi connectivity index (χ3v) is 3.22. The normalized spacial score (nSPS) is 14.2. The van der Waals surface area contributed by atoms with E-state index in [0.717, 1.165) is 16.9 Å². The van der Waals surface area contributed by atoms with E-state index in [1.165, 1.54) is 0 Å². The van der Waals surface area contributed by atoms with Crippen molar-refractivity contribution in [2.24, 2.45) is 5.92 Å². The predicted octanol–water partition coefficient (Wildman–Crippen LogP) is 2.76. The van der Waals surface area contributed by atoms with Crippen LogP contribution < -0.4 is 10.1 Å². The molecule has 0 heterocycles. The van der Waals surface area contributed by atoms with Crippen LogP contribution in [0.4, 0.5) is 0 Å². The fourth-order valence-corrected chi connectivity index (χ4v) is 2.08. The quantitative estimate of drug-likeness (QED) is 0.830. The number of carbonyl (C=O) groups is 1. The summed E-state index contributed by atoms with van der Waals surface area (Å²) in [5, 5.41) is 12.4. The number of aliphatic carboxylic acids is 1. The molecule has 2 atom stereocenters. The summed E-state index contributed by atoms with van der Waals surface area (Å²) in [6, 6.07) is 5.28. The maximum absolute atomic E-state index is 11.2. The molecule has 4 nitrogen and oxygen atoms in total. The van der Waals surface area contributed by atoms with Gasteiger partial charge in [-0.25, -0.2) is 0 Å². The van der Waals surface area contributed by atoms with Gasteiger partial charge >= 0.3 is 5.97 Å². The lowest BCUT2D eigenvalue weighted by molar-refractivity contribution is -0.140. The average molecular weight is 265 g/mol. The average Bonchev–Trinajstić information content (AvgIpc) is 2.34. The molecule has 1 aromatic carbocycles. The lowest BCUT2D eigenvalue weighted by atomic mass is 10.00. The summed E-state index contributed by atoms with van der Waals surface area (Å²) in [5.41, 5.74) is 2.09. The van der Waals surface area contributed by atoms with Crippen molar-refractivity contribution in [2.45, 2.75) is 39.8 Å². The Bertz CT molecular complexity index is 443. The number of nitrogens with one attached hydrogen (secondary N) is 1. The highest BCUT2D eigenvalue weighted by atomic mass is 16.5. The van der Waals surface area contributed by atoms with Gasteiger partial charge in [0.1, 0.15) is 11.8 Å². The Kier molecular flexibility index (Phi) is 5.36. The standard InChI is InChI=1S/C15H23NO3/c1-9(2)14(15(17)18)16-11(4)12-7-6-10(3)8-13(12)19-5/h6-9,11,14,16H,1-5H3,(H,17,18). The van der Waals surface area contributed by atoms with Gasteiger partial charge in [0.05, 0.1) is 7.11 Å². The fraction of sp³-hybridized carbons (Fsp3) is 0.533. The molecule has 4 heteroatoms. The summed E-state index contributed by atoms with van der Waals surface area (Å²) >= 11 is 0. The van der Waals surface area contributed by atoms with Gasteiger partial charge in [0, 0.05) is 11.6 Å². The molecule has 0 aliphatic carbocycles. The molecule has 2 N–H and O–H groups in total. The first-order valence-corrected chi connectivity index (χ1v) is 6.50. The summed E-state index contributed by atoms with van der Waals surface area (Å²) < 4.78 is 5.36. The molecule has 0 aliphatic rings. The molecular weight excluding hydrogens is 242 g/mol. The molecule has 19 heavy (non-hydrogen) atoms. The second kappa shape index (κ2) is 6.57. The number of hydrogen-bond acceptors (Lipinski definition) is 3. The highest BCUT2D eigenvalue weighted by molar-refractivity contribution is 5.73. The van der Waals surface area contributed by atoms with Crippen LogP contribution >= 0.6 is 0 Å². The third-order valence-electron chi connectivity index (χ3n) is 3.22. The summed E-state index contributed by atoms with van der Waals surface area (Å²) in [6.07, 6.45) is 0. The molecule has 0 fully saturated rings. The van der Waals surface area contributed by atoms with Crippen LogP contribution in [0.1, 0.15) is 37.9 Å². The highest BCUT2D eigenvalue weighted by Crippen LogP contribution is 2.26. The van der Waals surface area contributed by atoms with Gasteiger partial charge in [-0.3, -0.25) is 10.1 Å². The maximum Gasteiger partial charge on any atom is 0.320 e. The van der Waals surface area contributed by atoms with E-state index in [4.69, 9.17) is 4.74 Å². The monoisotopic (exact) mass is 265 g/mol. The zero-order valence-corrected chi connectivity index (χ0v) is 12.2. The van der Waals surface area contributed by atoms with E-state index in [1.54, 1.807) is 7.11 Å². The van der Waals surface area contributed by atoms with Crippen LogP contribution in [-0.2, 0) is 4.79 Å².